The normalized spacial score (nSPS) is 27.1. The summed E-state index contributed by atoms with van der Waals surface area (Å²) < 4.78 is 33.4. The maximum atomic E-state index is 12.9. The van der Waals surface area contributed by atoms with Crippen LogP contribution in [0.4, 0.5) is 0 Å². The van der Waals surface area contributed by atoms with E-state index in [1.165, 1.54) is 32.1 Å². The van der Waals surface area contributed by atoms with Gasteiger partial charge in [0.05, 0.1) is 19.8 Å². The van der Waals surface area contributed by atoms with Crippen molar-refractivity contribution in [3.63, 3.8) is 0 Å². The number of rotatable bonds is 35. The second kappa shape index (κ2) is 36.3. The van der Waals surface area contributed by atoms with Crippen molar-refractivity contribution in [1.29, 1.82) is 0 Å². The van der Waals surface area contributed by atoms with Crippen LogP contribution in [-0.4, -0.2) is 142 Å². The van der Waals surface area contributed by atoms with Crippen molar-refractivity contribution >= 4 is 11.9 Å². The highest BCUT2D eigenvalue weighted by Crippen LogP contribution is 2.26. The zero-order valence-electron chi connectivity index (χ0n) is 38.5. The van der Waals surface area contributed by atoms with Gasteiger partial charge in [0.25, 0.3) is 0 Å². The minimum absolute atomic E-state index is 0.124. The van der Waals surface area contributed by atoms with Gasteiger partial charge in [0.2, 0.25) is 0 Å². The van der Waals surface area contributed by atoms with E-state index in [9.17, 15) is 45.3 Å². The number of ether oxygens (including phenoxy) is 6. The molecule has 0 aliphatic carbocycles. The van der Waals surface area contributed by atoms with Crippen LogP contribution in [0.1, 0.15) is 142 Å². The Morgan fingerprint density at radius 1 is 0.516 bits per heavy atom. The Hall–Kier alpha value is -2.80. The number of hydrogen-bond acceptors (Lipinski definition) is 15. The molecule has 0 amide bonds. The smallest absolute Gasteiger partial charge is 0.306 e. The third-order valence-electron chi connectivity index (χ3n) is 11.0. The van der Waals surface area contributed by atoms with Crippen LogP contribution in [0, 0.1) is 0 Å². The lowest BCUT2D eigenvalue weighted by Crippen LogP contribution is -2.61. The van der Waals surface area contributed by atoms with Crippen LogP contribution in [0.2, 0.25) is 0 Å². The van der Waals surface area contributed by atoms with E-state index >= 15 is 0 Å². The highest BCUT2D eigenvalue weighted by atomic mass is 16.7. The van der Waals surface area contributed by atoms with E-state index in [-0.39, 0.29) is 19.4 Å². The van der Waals surface area contributed by atoms with Crippen LogP contribution in [0.3, 0.4) is 0 Å². The molecule has 368 valence electrons. The SMILES string of the molecule is CC/C=C\C/C=C\C/C=C\C/C=C\C/C=C\CCCCCC(=O)OC(COC(=O)CCCCCCCCCCC)COC1OC(COC2OC(CO)C(O)C(O)C2O)C(O)C(O)C1O. The average molecular weight is 911 g/mol. The Labute approximate surface area is 381 Å². The first-order valence-corrected chi connectivity index (χ1v) is 23.9. The predicted octanol–water partition coefficient (Wildman–Crippen LogP) is 5.70. The van der Waals surface area contributed by atoms with Crippen LogP contribution in [-0.2, 0) is 38.0 Å². The fourth-order valence-electron chi connectivity index (χ4n) is 7.06. The lowest BCUT2D eigenvalue weighted by molar-refractivity contribution is -0.332. The van der Waals surface area contributed by atoms with Gasteiger partial charge in [-0.15, -0.1) is 0 Å². The maximum Gasteiger partial charge on any atom is 0.306 e. The summed E-state index contributed by atoms with van der Waals surface area (Å²) in [4.78, 5) is 25.6. The molecule has 0 aromatic rings. The van der Waals surface area contributed by atoms with E-state index in [2.05, 4.69) is 74.6 Å². The van der Waals surface area contributed by atoms with E-state index in [4.69, 9.17) is 28.4 Å². The van der Waals surface area contributed by atoms with Gasteiger partial charge in [0.1, 0.15) is 55.4 Å². The number of aliphatic hydroxyl groups excluding tert-OH is 7. The molecular weight excluding hydrogens is 829 g/mol. The highest BCUT2D eigenvalue weighted by molar-refractivity contribution is 5.70. The fourth-order valence-corrected chi connectivity index (χ4v) is 7.06. The van der Waals surface area contributed by atoms with Crippen molar-refractivity contribution in [3.05, 3.63) is 60.8 Å². The molecule has 2 heterocycles. The summed E-state index contributed by atoms with van der Waals surface area (Å²) in [7, 11) is 0. The molecular formula is C49H82O15. The van der Waals surface area contributed by atoms with Crippen molar-refractivity contribution in [1.82, 2.24) is 0 Å². The fraction of sp³-hybridized carbons (Fsp3) is 0.755. The molecule has 11 unspecified atom stereocenters. The zero-order chi connectivity index (χ0) is 46.8. The van der Waals surface area contributed by atoms with E-state index in [1.807, 2.05) is 0 Å². The largest absolute Gasteiger partial charge is 0.462 e. The Morgan fingerprint density at radius 2 is 0.984 bits per heavy atom. The monoisotopic (exact) mass is 911 g/mol. The molecule has 0 bridgehead atoms. The van der Waals surface area contributed by atoms with Gasteiger partial charge in [-0.2, -0.15) is 0 Å². The summed E-state index contributed by atoms with van der Waals surface area (Å²) in [5.74, 6) is -0.971. The first kappa shape index (κ1) is 57.3. The Kier molecular flexibility index (Phi) is 32.5. The number of carbonyl (C=O) groups excluding carboxylic acids is 2. The van der Waals surface area contributed by atoms with Gasteiger partial charge < -0.3 is 64.2 Å². The number of allylic oxidation sites excluding steroid dienone is 10. The molecule has 0 radical (unpaired) electrons. The van der Waals surface area contributed by atoms with Crippen molar-refractivity contribution in [2.45, 2.75) is 210 Å². The van der Waals surface area contributed by atoms with Gasteiger partial charge in [-0.05, 0) is 57.8 Å². The number of hydrogen-bond donors (Lipinski definition) is 7. The average Bonchev–Trinajstić information content (AvgIpc) is 3.29. The van der Waals surface area contributed by atoms with Gasteiger partial charge in [-0.25, -0.2) is 0 Å². The van der Waals surface area contributed by atoms with Gasteiger partial charge >= 0.3 is 11.9 Å². The summed E-state index contributed by atoms with van der Waals surface area (Å²) in [6.07, 6.45) is 22.7. The predicted molar refractivity (Wildman–Crippen MR) is 243 cm³/mol. The molecule has 64 heavy (non-hydrogen) atoms. The topological polar surface area (TPSA) is 231 Å². The summed E-state index contributed by atoms with van der Waals surface area (Å²) in [6, 6.07) is 0. The van der Waals surface area contributed by atoms with Crippen LogP contribution < -0.4 is 0 Å². The van der Waals surface area contributed by atoms with Crippen molar-refractivity contribution in [2.24, 2.45) is 0 Å². The van der Waals surface area contributed by atoms with Gasteiger partial charge in [-0.3, -0.25) is 9.59 Å². The minimum atomic E-state index is -1.77. The quantitative estimate of drug-likeness (QED) is 0.0230. The van der Waals surface area contributed by atoms with Crippen LogP contribution in [0.25, 0.3) is 0 Å². The molecule has 2 rings (SSSR count). The molecule has 7 N–H and O–H groups in total. The molecule has 0 aromatic carbocycles. The standard InChI is InChI=1S/C49H82O15/c1-3-5-7-9-11-13-14-15-16-17-18-19-20-21-22-24-26-28-30-32-41(52)62-37(34-59-40(51)31-29-27-25-23-12-10-8-6-4-2)35-60-48-47(58)45(56)43(54)39(64-48)36-61-49-46(57)44(55)42(53)38(33-50)63-49/h5,7,11,13,15-16,18-19,21-22,37-39,42-50,53-58H,3-4,6,8-10,12,14,17,20,23-36H2,1-2H3/b7-5-,13-11-,16-15-,19-18-,22-21-. The Bertz CT molecular complexity index is 1350. The van der Waals surface area contributed by atoms with Crippen molar-refractivity contribution in [2.75, 3.05) is 26.4 Å². The molecule has 0 aromatic heterocycles. The molecule has 2 aliphatic heterocycles. The van der Waals surface area contributed by atoms with Crippen LogP contribution in [0.15, 0.2) is 60.8 Å². The lowest BCUT2D eigenvalue weighted by atomic mass is 9.98. The zero-order valence-corrected chi connectivity index (χ0v) is 38.5. The summed E-state index contributed by atoms with van der Waals surface area (Å²) in [5, 5.41) is 71.9. The number of carbonyl (C=O) groups is 2. The van der Waals surface area contributed by atoms with Gasteiger partial charge in [0.15, 0.2) is 18.7 Å². The molecule has 15 heteroatoms. The number of aliphatic hydroxyl groups is 7. The number of esters is 2. The van der Waals surface area contributed by atoms with E-state index in [1.54, 1.807) is 0 Å². The second-order valence-corrected chi connectivity index (χ2v) is 16.6. The minimum Gasteiger partial charge on any atom is -0.462 e. The first-order chi connectivity index (χ1) is 31.0. The second-order valence-electron chi connectivity index (χ2n) is 16.6. The van der Waals surface area contributed by atoms with E-state index in [0.29, 0.717) is 12.8 Å². The third kappa shape index (κ3) is 24.6. The molecule has 0 saturated carbocycles. The summed E-state index contributed by atoms with van der Waals surface area (Å²) >= 11 is 0. The maximum absolute atomic E-state index is 12.9. The Morgan fingerprint density at radius 3 is 1.55 bits per heavy atom. The summed E-state index contributed by atoms with van der Waals surface area (Å²) in [5.41, 5.74) is 0. The highest BCUT2D eigenvalue weighted by Gasteiger charge is 2.47. The van der Waals surface area contributed by atoms with Gasteiger partial charge in [0, 0.05) is 12.8 Å². The molecule has 2 aliphatic rings. The molecule has 2 fully saturated rings. The molecule has 2 saturated heterocycles. The Balaban J connectivity index is 1.84. The van der Waals surface area contributed by atoms with E-state index in [0.717, 1.165) is 70.6 Å². The lowest BCUT2D eigenvalue weighted by Gasteiger charge is -2.42. The van der Waals surface area contributed by atoms with Gasteiger partial charge in [-0.1, -0.05) is 132 Å². The van der Waals surface area contributed by atoms with Crippen molar-refractivity contribution < 1.29 is 73.8 Å². The van der Waals surface area contributed by atoms with Crippen LogP contribution >= 0.6 is 0 Å². The molecule has 11 atom stereocenters. The van der Waals surface area contributed by atoms with Crippen LogP contribution in [0.5, 0.6) is 0 Å². The molecule has 0 spiro atoms. The number of unbranched alkanes of at least 4 members (excludes halogenated alkanes) is 11. The van der Waals surface area contributed by atoms with E-state index < -0.39 is 99.3 Å². The third-order valence-corrected chi connectivity index (χ3v) is 11.0. The first-order valence-electron chi connectivity index (χ1n) is 23.9. The van der Waals surface area contributed by atoms with Crippen molar-refractivity contribution in [3.8, 4) is 0 Å². The molecule has 15 nitrogen and oxygen atoms in total. The summed E-state index contributed by atoms with van der Waals surface area (Å²) in [6.45, 7) is 2.39.